The number of hydrogen-bond donors (Lipinski definition) is 2. The number of carbonyl (C=O) groups is 1. The minimum absolute atomic E-state index is 0.0927. The molecule has 1 amide bonds. The third-order valence-corrected chi connectivity index (χ3v) is 3.00. The van der Waals surface area contributed by atoms with E-state index in [0.717, 1.165) is 5.56 Å². The van der Waals surface area contributed by atoms with E-state index in [9.17, 15) is 9.18 Å². The fraction of sp³-hybridized carbons (Fsp3) is 0.188. The molecule has 0 aliphatic heterocycles. The van der Waals surface area contributed by atoms with Crippen LogP contribution in [0.1, 0.15) is 18.5 Å². The van der Waals surface area contributed by atoms with Crippen molar-refractivity contribution in [2.75, 3.05) is 11.9 Å². The van der Waals surface area contributed by atoms with Crippen LogP contribution in [-0.4, -0.2) is 12.5 Å². The largest absolute Gasteiger partial charge is 0.325 e. The first kappa shape index (κ1) is 14.2. The summed E-state index contributed by atoms with van der Waals surface area (Å²) < 4.78 is 12.7. The van der Waals surface area contributed by atoms with E-state index in [-0.39, 0.29) is 24.3 Å². The van der Waals surface area contributed by atoms with E-state index < -0.39 is 0 Å². The third-order valence-electron chi connectivity index (χ3n) is 3.00. The maximum atomic E-state index is 12.7. The number of benzene rings is 2. The van der Waals surface area contributed by atoms with Gasteiger partial charge >= 0.3 is 0 Å². The van der Waals surface area contributed by atoms with Gasteiger partial charge in [-0.05, 0) is 36.8 Å². The molecule has 3 nitrogen and oxygen atoms in total. The quantitative estimate of drug-likeness (QED) is 0.878. The first-order chi connectivity index (χ1) is 9.65. The monoisotopic (exact) mass is 272 g/mol. The summed E-state index contributed by atoms with van der Waals surface area (Å²) in [6.07, 6.45) is 0. The summed E-state index contributed by atoms with van der Waals surface area (Å²) in [7, 11) is 0. The van der Waals surface area contributed by atoms with Gasteiger partial charge in [0.05, 0.1) is 6.54 Å². The molecule has 0 spiro atoms. The number of rotatable bonds is 5. The maximum Gasteiger partial charge on any atom is 0.238 e. The van der Waals surface area contributed by atoms with Crippen LogP contribution in [0, 0.1) is 5.82 Å². The second-order valence-electron chi connectivity index (χ2n) is 4.57. The third kappa shape index (κ3) is 4.17. The van der Waals surface area contributed by atoms with Crippen molar-refractivity contribution in [3.05, 3.63) is 66.0 Å². The lowest BCUT2D eigenvalue weighted by atomic mass is 10.1. The molecule has 1 atom stereocenters. The molecule has 0 fully saturated rings. The van der Waals surface area contributed by atoms with Crippen LogP contribution in [0.2, 0.25) is 0 Å². The van der Waals surface area contributed by atoms with Crippen LogP contribution >= 0.6 is 0 Å². The van der Waals surface area contributed by atoms with Gasteiger partial charge in [0.15, 0.2) is 0 Å². The summed E-state index contributed by atoms with van der Waals surface area (Å²) in [5.41, 5.74) is 1.72. The van der Waals surface area contributed by atoms with Crippen molar-refractivity contribution in [2.45, 2.75) is 13.0 Å². The number of nitrogens with one attached hydrogen (secondary N) is 2. The Kier molecular flexibility index (Phi) is 4.85. The molecular weight excluding hydrogens is 255 g/mol. The van der Waals surface area contributed by atoms with Crippen molar-refractivity contribution >= 4 is 11.6 Å². The maximum absolute atomic E-state index is 12.7. The van der Waals surface area contributed by atoms with Crippen LogP contribution in [-0.2, 0) is 4.79 Å². The summed E-state index contributed by atoms with van der Waals surface area (Å²) in [5.74, 6) is -0.474. The molecule has 0 aliphatic carbocycles. The molecule has 0 aromatic heterocycles. The Morgan fingerprint density at radius 3 is 2.40 bits per heavy atom. The van der Waals surface area contributed by atoms with E-state index in [4.69, 9.17) is 0 Å². The Bertz CT molecular complexity index is 554. The normalized spacial score (nSPS) is 11.9. The molecule has 0 radical (unpaired) electrons. The van der Waals surface area contributed by atoms with Crippen LogP contribution in [0.3, 0.4) is 0 Å². The van der Waals surface area contributed by atoms with Gasteiger partial charge in [-0.1, -0.05) is 30.3 Å². The van der Waals surface area contributed by atoms with Crippen LogP contribution in [0.4, 0.5) is 10.1 Å². The van der Waals surface area contributed by atoms with Gasteiger partial charge in [0.25, 0.3) is 0 Å². The molecule has 2 aromatic rings. The number of halogens is 1. The summed E-state index contributed by atoms with van der Waals surface area (Å²) in [5, 5.41) is 5.85. The lowest BCUT2D eigenvalue weighted by molar-refractivity contribution is -0.115. The van der Waals surface area contributed by atoms with Gasteiger partial charge in [-0.25, -0.2) is 4.39 Å². The Hall–Kier alpha value is -2.20. The molecule has 4 heteroatoms. The zero-order valence-corrected chi connectivity index (χ0v) is 11.3. The van der Waals surface area contributed by atoms with Gasteiger partial charge in [0.1, 0.15) is 5.82 Å². The molecule has 2 rings (SSSR count). The van der Waals surface area contributed by atoms with E-state index in [1.165, 1.54) is 24.3 Å². The Labute approximate surface area is 117 Å². The lowest BCUT2D eigenvalue weighted by Gasteiger charge is -2.14. The SMILES string of the molecule is C[C@H](NCC(=O)Nc1ccc(F)cc1)c1ccccc1. The molecular formula is C16H17FN2O. The van der Waals surface area contributed by atoms with Gasteiger partial charge in [0, 0.05) is 11.7 Å². The van der Waals surface area contributed by atoms with E-state index in [1.54, 1.807) is 0 Å². The van der Waals surface area contributed by atoms with Crippen molar-refractivity contribution in [1.82, 2.24) is 5.32 Å². The van der Waals surface area contributed by atoms with Crippen molar-refractivity contribution in [1.29, 1.82) is 0 Å². The highest BCUT2D eigenvalue weighted by atomic mass is 19.1. The highest BCUT2D eigenvalue weighted by Gasteiger charge is 2.07. The summed E-state index contributed by atoms with van der Waals surface area (Å²) in [6.45, 7) is 2.20. The van der Waals surface area contributed by atoms with Gasteiger partial charge < -0.3 is 10.6 Å². The minimum Gasteiger partial charge on any atom is -0.325 e. The number of anilines is 1. The van der Waals surface area contributed by atoms with E-state index in [0.29, 0.717) is 5.69 Å². The highest BCUT2D eigenvalue weighted by molar-refractivity contribution is 5.92. The standard InChI is InChI=1S/C16H17FN2O/c1-12(13-5-3-2-4-6-13)18-11-16(20)19-15-9-7-14(17)8-10-15/h2-10,12,18H,11H2,1H3,(H,19,20)/t12-/m0/s1. The second-order valence-corrected chi connectivity index (χ2v) is 4.57. The van der Waals surface area contributed by atoms with Gasteiger partial charge in [-0.2, -0.15) is 0 Å². The van der Waals surface area contributed by atoms with Crippen molar-refractivity contribution in [3.8, 4) is 0 Å². The topological polar surface area (TPSA) is 41.1 Å². The van der Waals surface area contributed by atoms with Crippen molar-refractivity contribution in [3.63, 3.8) is 0 Å². The second kappa shape index (κ2) is 6.82. The molecule has 0 saturated heterocycles. The van der Waals surface area contributed by atoms with Crippen LogP contribution in [0.25, 0.3) is 0 Å². The van der Waals surface area contributed by atoms with Gasteiger partial charge in [-0.15, -0.1) is 0 Å². The molecule has 104 valence electrons. The summed E-state index contributed by atoms with van der Waals surface area (Å²) >= 11 is 0. The van der Waals surface area contributed by atoms with E-state index in [2.05, 4.69) is 10.6 Å². The van der Waals surface area contributed by atoms with Crippen LogP contribution < -0.4 is 10.6 Å². The van der Waals surface area contributed by atoms with Crippen molar-refractivity contribution < 1.29 is 9.18 Å². The first-order valence-electron chi connectivity index (χ1n) is 6.49. The van der Waals surface area contributed by atoms with Gasteiger partial charge in [-0.3, -0.25) is 4.79 Å². The predicted octanol–water partition coefficient (Wildman–Crippen LogP) is 3.12. The lowest BCUT2D eigenvalue weighted by Crippen LogP contribution is -2.30. The number of carbonyl (C=O) groups excluding carboxylic acids is 1. The fourth-order valence-electron chi connectivity index (χ4n) is 1.84. The van der Waals surface area contributed by atoms with E-state index >= 15 is 0 Å². The predicted molar refractivity (Wildman–Crippen MR) is 77.9 cm³/mol. The molecule has 0 aliphatic rings. The molecule has 0 bridgehead atoms. The zero-order valence-electron chi connectivity index (χ0n) is 11.3. The summed E-state index contributed by atoms with van der Waals surface area (Å²) in [6, 6.07) is 15.7. The molecule has 20 heavy (non-hydrogen) atoms. The minimum atomic E-state index is -0.321. The average molecular weight is 272 g/mol. The number of hydrogen-bond acceptors (Lipinski definition) is 2. The smallest absolute Gasteiger partial charge is 0.238 e. The Morgan fingerprint density at radius 2 is 1.75 bits per heavy atom. The molecule has 0 saturated carbocycles. The first-order valence-corrected chi connectivity index (χ1v) is 6.49. The van der Waals surface area contributed by atoms with Crippen LogP contribution in [0.5, 0.6) is 0 Å². The van der Waals surface area contributed by atoms with Crippen LogP contribution in [0.15, 0.2) is 54.6 Å². The molecule has 0 heterocycles. The molecule has 0 unspecified atom stereocenters. The van der Waals surface area contributed by atoms with Crippen molar-refractivity contribution in [2.24, 2.45) is 0 Å². The molecule has 2 aromatic carbocycles. The average Bonchev–Trinajstić information content (AvgIpc) is 2.48. The van der Waals surface area contributed by atoms with Gasteiger partial charge in [0.2, 0.25) is 5.91 Å². The number of amides is 1. The zero-order chi connectivity index (χ0) is 14.4. The summed E-state index contributed by atoms with van der Waals surface area (Å²) in [4.78, 5) is 11.8. The highest BCUT2D eigenvalue weighted by Crippen LogP contribution is 2.11. The Balaban J connectivity index is 1.82. The van der Waals surface area contributed by atoms with E-state index in [1.807, 2.05) is 37.3 Å². The Morgan fingerprint density at radius 1 is 1.10 bits per heavy atom. The fourth-order valence-corrected chi connectivity index (χ4v) is 1.84. The molecule has 2 N–H and O–H groups in total.